The van der Waals surface area contributed by atoms with Crippen molar-refractivity contribution in [2.45, 2.75) is 19.6 Å². The molecular formula is C15H14FNO4. The molecule has 0 amide bonds. The zero-order valence-electron chi connectivity index (χ0n) is 11.3. The first-order valence-electron chi connectivity index (χ1n) is 6.31. The van der Waals surface area contributed by atoms with Gasteiger partial charge in [0.15, 0.2) is 0 Å². The molecule has 0 aromatic heterocycles. The standard InChI is InChI=1S/C15H14FNO4/c1-10(18)13-7-6-12(8-14(13)16)21-9-11-4-2-3-5-15(11)17(19)20/h2-8,10,18H,9H2,1H3/t10-/m0/s1. The van der Waals surface area contributed by atoms with E-state index < -0.39 is 16.8 Å². The SMILES string of the molecule is C[C@H](O)c1ccc(OCc2ccccc2[N+](=O)[O-])cc1F. The molecule has 0 unspecified atom stereocenters. The molecule has 0 saturated heterocycles. The van der Waals surface area contributed by atoms with Gasteiger partial charge in [0.05, 0.1) is 16.6 Å². The summed E-state index contributed by atoms with van der Waals surface area (Å²) in [6.07, 6.45) is -0.908. The fourth-order valence-electron chi connectivity index (χ4n) is 1.91. The van der Waals surface area contributed by atoms with E-state index in [4.69, 9.17) is 4.74 Å². The highest BCUT2D eigenvalue weighted by Gasteiger charge is 2.13. The molecule has 0 spiro atoms. The van der Waals surface area contributed by atoms with Crippen LogP contribution in [0.5, 0.6) is 5.75 Å². The first-order valence-corrected chi connectivity index (χ1v) is 6.31. The lowest BCUT2D eigenvalue weighted by Gasteiger charge is -2.10. The largest absolute Gasteiger partial charge is 0.489 e. The molecule has 0 saturated carbocycles. The van der Waals surface area contributed by atoms with E-state index in [1.165, 1.54) is 25.1 Å². The summed E-state index contributed by atoms with van der Waals surface area (Å²) >= 11 is 0. The van der Waals surface area contributed by atoms with Gasteiger partial charge in [-0.05, 0) is 25.1 Å². The highest BCUT2D eigenvalue weighted by atomic mass is 19.1. The lowest BCUT2D eigenvalue weighted by Crippen LogP contribution is -2.01. The molecule has 0 aliphatic rings. The Kier molecular flexibility index (Phi) is 4.49. The number of hydrogen-bond acceptors (Lipinski definition) is 4. The van der Waals surface area contributed by atoms with Crippen LogP contribution in [-0.4, -0.2) is 10.0 Å². The topological polar surface area (TPSA) is 72.6 Å². The summed E-state index contributed by atoms with van der Waals surface area (Å²) in [5.74, 6) is -0.333. The number of aliphatic hydroxyl groups is 1. The third-order valence-corrected chi connectivity index (χ3v) is 3.00. The number of nitro benzene ring substituents is 1. The predicted molar refractivity (Wildman–Crippen MR) is 74.5 cm³/mol. The highest BCUT2D eigenvalue weighted by Crippen LogP contribution is 2.24. The first-order chi connectivity index (χ1) is 9.99. The fraction of sp³-hybridized carbons (Fsp3) is 0.200. The molecular weight excluding hydrogens is 277 g/mol. The van der Waals surface area contributed by atoms with Crippen molar-refractivity contribution < 1.29 is 19.2 Å². The Hall–Kier alpha value is -2.47. The monoisotopic (exact) mass is 291 g/mol. The molecule has 2 aromatic rings. The number of ether oxygens (including phenoxy) is 1. The van der Waals surface area contributed by atoms with Crippen LogP contribution in [-0.2, 0) is 6.61 Å². The second kappa shape index (κ2) is 6.32. The van der Waals surface area contributed by atoms with Gasteiger partial charge in [0.2, 0.25) is 0 Å². The average Bonchev–Trinajstić information content (AvgIpc) is 2.45. The maximum absolute atomic E-state index is 13.7. The van der Waals surface area contributed by atoms with Crippen molar-refractivity contribution in [1.29, 1.82) is 0 Å². The van der Waals surface area contributed by atoms with Crippen LogP contribution in [0.15, 0.2) is 42.5 Å². The van der Waals surface area contributed by atoms with E-state index in [1.807, 2.05) is 0 Å². The van der Waals surface area contributed by atoms with E-state index in [9.17, 15) is 19.6 Å². The Morgan fingerprint density at radius 1 is 1.33 bits per heavy atom. The number of nitro groups is 1. The van der Waals surface area contributed by atoms with E-state index >= 15 is 0 Å². The van der Waals surface area contributed by atoms with Crippen molar-refractivity contribution in [3.63, 3.8) is 0 Å². The van der Waals surface area contributed by atoms with E-state index in [1.54, 1.807) is 18.2 Å². The molecule has 1 atom stereocenters. The van der Waals surface area contributed by atoms with Gasteiger partial charge in [0.25, 0.3) is 5.69 Å². The Labute approximate surface area is 120 Å². The van der Waals surface area contributed by atoms with E-state index in [0.717, 1.165) is 6.07 Å². The van der Waals surface area contributed by atoms with Crippen LogP contribution >= 0.6 is 0 Å². The van der Waals surface area contributed by atoms with Gasteiger partial charge in [-0.3, -0.25) is 10.1 Å². The van der Waals surface area contributed by atoms with Crippen molar-refractivity contribution in [2.24, 2.45) is 0 Å². The zero-order valence-corrected chi connectivity index (χ0v) is 11.3. The van der Waals surface area contributed by atoms with E-state index in [0.29, 0.717) is 5.56 Å². The van der Waals surface area contributed by atoms with Gasteiger partial charge in [-0.2, -0.15) is 0 Å². The molecule has 0 aliphatic heterocycles. The number of halogens is 1. The molecule has 1 N–H and O–H groups in total. The summed E-state index contributed by atoms with van der Waals surface area (Å²) in [7, 11) is 0. The molecule has 0 aliphatic carbocycles. The van der Waals surface area contributed by atoms with Crippen LogP contribution in [0.1, 0.15) is 24.2 Å². The van der Waals surface area contributed by atoms with Crippen molar-refractivity contribution >= 4 is 5.69 Å². The third kappa shape index (κ3) is 3.55. The number of rotatable bonds is 5. The van der Waals surface area contributed by atoms with Crippen LogP contribution in [0.3, 0.4) is 0 Å². The van der Waals surface area contributed by atoms with E-state index in [2.05, 4.69) is 0 Å². The summed E-state index contributed by atoms with van der Waals surface area (Å²) in [4.78, 5) is 10.4. The second-order valence-corrected chi connectivity index (χ2v) is 4.53. The van der Waals surface area contributed by atoms with Gasteiger partial charge in [-0.15, -0.1) is 0 Å². The summed E-state index contributed by atoms with van der Waals surface area (Å²) in [5, 5.41) is 20.2. The average molecular weight is 291 g/mol. The minimum atomic E-state index is -0.908. The Morgan fingerprint density at radius 3 is 2.67 bits per heavy atom. The predicted octanol–water partition coefficient (Wildman–Crippen LogP) is 3.37. The van der Waals surface area contributed by atoms with Gasteiger partial charge in [-0.25, -0.2) is 4.39 Å². The first kappa shape index (κ1) is 14.9. The van der Waals surface area contributed by atoms with Gasteiger partial charge >= 0.3 is 0 Å². The maximum atomic E-state index is 13.7. The number of aliphatic hydroxyl groups excluding tert-OH is 1. The van der Waals surface area contributed by atoms with Crippen molar-refractivity contribution in [1.82, 2.24) is 0 Å². The van der Waals surface area contributed by atoms with Crippen LogP contribution in [0.25, 0.3) is 0 Å². The zero-order chi connectivity index (χ0) is 15.4. The molecule has 5 nitrogen and oxygen atoms in total. The smallest absolute Gasteiger partial charge is 0.276 e. The summed E-state index contributed by atoms with van der Waals surface area (Å²) in [6.45, 7) is 1.43. The van der Waals surface area contributed by atoms with Crippen molar-refractivity contribution in [2.75, 3.05) is 0 Å². The number of para-hydroxylation sites is 1. The van der Waals surface area contributed by atoms with Crippen LogP contribution < -0.4 is 4.74 Å². The molecule has 0 heterocycles. The Balaban J connectivity index is 2.14. The number of nitrogens with zero attached hydrogens (tertiary/aromatic N) is 1. The van der Waals surface area contributed by atoms with E-state index in [-0.39, 0.29) is 23.6 Å². The molecule has 2 aromatic carbocycles. The minimum Gasteiger partial charge on any atom is -0.489 e. The third-order valence-electron chi connectivity index (χ3n) is 3.00. The molecule has 0 radical (unpaired) electrons. The van der Waals surface area contributed by atoms with Crippen molar-refractivity contribution in [3.05, 3.63) is 69.5 Å². The lowest BCUT2D eigenvalue weighted by atomic mass is 10.1. The summed E-state index contributed by atoms with van der Waals surface area (Å²) in [5.41, 5.74) is 0.536. The molecule has 110 valence electrons. The molecule has 2 rings (SSSR count). The molecule has 0 bridgehead atoms. The van der Waals surface area contributed by atoms with Crippen LogP contribution in [0.4, 0.5) is 10.1 Å². The van der Waals surface area contributed by atoms with Gasteiger partial charge in [0, 0.05) is 17.7 Å². The van der Waals surface area contributed by atoms with Crippen molar-refractivity contribution in [3.8, 4) is 5.75 Å². The Morgan fingerprint density at radius 2 is 2.05 bits per heavy atom. The van der Waals surface area contributed by atoms with Crippen LogP contribution in [0, 0.1) is 15.9 Å². The lowest BCUT2D eigenvalue weighted by molar-refractivity contribution is -0.385. The molecule has 21 heavy (non-hydrogen) atoms. The summed E-state index contributed by atoms with van der Waals surface area (Å²) < 4.78 is 19.1. The molecule has 0 fully saturated rings. The van der Waals surface area contributed by atoms with Gasteiger partial charge in [-0.1, -0.05) is 12.1 Å². The number of benzene rings is 2. The van der Waals surface area contributed by atoms with Gasteiger partial charge in [0.1, 0.15) is 18.2 Å². The van der Waals surface area contributed by atoms with Gasteiger partial charge < -0.3 is 9.84 Å². The minimum absolute atomic E-state index is 0.0371. The number of hydrogen-bond donors (Lipinski definition) is 1. The second-order valence-electron chi connectivity index (χ2n) is 4.53. The molecule has 6 heteroatoms. The summed E-state index contributed by atoms with van der Waals surface area (Å²) in [6, 6.07) is 10.3. The van der Waals surface area contributed by atoms with Crippen LogP contribution in [0.2, 0.25) is 0 Å². The fourth-order valence-corrected chi connectivity index (χ4v) is 1.91. The Bertz CT molecular complexity index is 658. The highest BCUT2D eigenvalue weighted by molar-refractivity contribution is 5.40. The normalized spacial score (nSPS) is 12.0. The maximum Gasteiger partial charge on any atom is 0.276 e. The quantitative estimate of drug-likeness (QED) is 0.677.